The molecule has 1 atom stereocenters. The molecule has 1 heterocycles. The van der Waals surface area contributed by atoms with Crippen molar-refractivity contribution in [2.24, 2.45) is 5.73 Å². The Morgan fingerprint density at radius 2 is 2.06 bits per heavy atom. The molecular weight excluding hydrogens is 232 g/mol. The number of pyridine rings is 1. The van der Waals surface area contributed by atoms with E-state index in [9.17, 15) is 0 Å². The maximum absolute atomic E-state index is 6.31. The lowest BCUT2D eigenvalue weighted by Gasteiger charge is -2.19. The van der Waals surface area contributed by atoms with Crippen molar-refractivity contribution < 1.29 is 0 Å². The summed E-state index contributed by atoms with van der Waals surface area (Å²) in [6, 6.07) is 1.86. The Bertz CT molecular complexity index is 401. The molecule has 0 fully saturated rings. The summed E-state index contributed by atoms with van der Waals surface area (Å²) in [4.78, 5) is 4.00. The molecule has 2 rings (SSSR count). The molecule has 0 saturated carbocycles. The molecule has 1 aliphatic carbocycles. The van der Waals surface area contributed by atoms with Gasteiger partial charge in [-0.3, -0.25) is 4.98 Å². The summed E-state index contributed by atoms with van der Waals surface area (Å²) >= 11 is 6.14. The van der Waals surface area contributed by atoms with Crippen LogP contribution in [0, 0.1) is 0 Å². The molecular formula is C14H19ClN2. The average molecular weight is 251 g/mol. The fraction of sp³-hybridized carbons (Fsp3) is 0.500. The Morgan fingerprint density at radius 3 is 2.88 bits per heavy atom. The van der Waals surface area contributed by atoms with Crippen LogP contribution in [0.25, 0.3) is 0 Å². The zero-order valence-corrected chi connectivity index (χ0v) is 10.8. The third-order valence-electron chi connectivity index (χ3n) is 3.36. The third-order valence-corrected chi connectivity index (χ3v) is 3.68. The highest BCUT2D eigenvalue weighted by molar-refractivity contribution is 6.31. The topological polar surface area (TPSA) is 38.9 Å². The maximum Gasteiger partial charge on any atom is 0.0640 e. The zero-order chi connectivity index (χ0) is 12.1. The Hall–Kier alpha value is -0.860. The van der Waals surface area contributed by atoms with E-state index < -0.39 is 0 Å². The van der Waals surface area contributed by atoms with E-state index in [1.165, 1.54) is 31.3 Å². The maximum atomic E-state index is 6.31. The Balaban J connectivity index is 2.18. The van der Waals surface area contributed by atoms with E-state index in [1.54, 1.807) is 12.4 Å². The minimum Gasteiger partial charge on any atom is -0.320 e. The van der Waals surface area contributed by atoms with E-state index >= 15 is 0 Å². The highest BCUT2D eigenvalue weighted by atomic mass is 35.5. The minimum atomic E-state index is -0.0661. The predicted molar refractivity (Wildman–Crippen MR) is 72.0 cm³/mol. The first-order valence-corrected chi connectivity index (χ1v) is 6.71. The molecule has 1 aromatic heterocycles. The first-order chi connectivity index (χ1) is 8.29. The Labute approximate surface area is 108 Å². The summed E-state index contributed by atoms with van der Waals surface area (Å²) in [6.07, 6.45) is 13.1. The lowest BCUT2D eigenvalue weighted by Crippen LogP contribution is -2.14. The predicted octanol–water partition coefficient (Wildman–Crippen LogP) is 4.02. The average Bonchev–Trinajstić information content (AvgIpc) is 2.28. The number of halogens is 1. The van der Waals surface area contributed by atoms with E-state index in [2.05, 4.69) is 11.1 Å². The van der Waals surface area contributed by atoms with Gasteiger partial charge in [0.05, 0.1) is 11.1 Å². The van der Waals surface area contributed by atoms with E-state index in [0.717, 1.165) is 18.4 Å². The number of rotatable bonds is 2. The van der Waals surface area contributed by atoms with Gasteiger partial charge in [-0.15, -0.1) is 0 Å². The highest BCUT2D eigenvalue weighted by Crippen LogP contribution is 2.30. The molecule has 0 amide bonds. The van der Waals surface area contributed by atoms with Crippen molar-refractivity contribution in [2.45, 2.75) is 44.6 Å². The number of nitrogens with zero attached hydrogens (tertiary/aromatic N) is 1. The van der Waals surface area contributed by atoms with Gasteiger partial charge < -0.3 is 5.73 Å². The highest BCUT2D eigenvalue weighted by Gasteiger charge is 2.15. The van der Waals surface area contributed by atoms with Gasteiger partial charge in [-0.25, -0.2) is 0 Å². The van der Waals surface area contributed by atoms with E-state index in [4.69, 9.17) is 17.3 Å². The summed E-state index contributed by atoms with van der Waals surface area (Å²) in [6.45, 7) is 0. The molecule has 1 aliphatic rings. The monoisotopic (exact) mass is 250 g/mol. The van der Waals surface area contributed by atoms with Gasteiger partial charge >= 0.3 is 0 Å². The van der Waals surface area contributed by atoms with E-state index in [0.29, 0.717) is 5.02 Å². The number of nitrogens with two attached hydrogens (primary N) is 1. The molecule has 2 N–H and O–H groups in total. The van der Waals surface area contributed by atoms with E-state index in [-0.39, 0.29) is 6.04 Å². The van der Waals surface area contributed by atoms with Crippen molar-refractivity contribution in [1.29, 1.82) is 0 Å². The third kappa shape index (κ3) is 3.30. The van der Waals surface area contributed by atoms with Gasteiger partial charge in [0.2, 0.25) is 0 Å². The summed E-state index contributed by atoms with van der Waals surface area (Å²) in [5, 5.41) is 0.669. The van der Waals surface area contributed by atoms with Crippen molar-refractivity contribution in [1.82, 2.24) is 4.98 Å². The van der Waals surface area contributed by atoms with Crippen LogP contribution in [-0.4, -0.2) is 4.98 Å². The van der Waals surface area contributed by atoms with Crippen LogP contribution in [0.1, 0.15) is 50.1 Å². The van der Waals surface area contributed by atoms with Crippen molar-refractivity contribution in [2.75, 3.05) is 0 Å². The molecule has 0 spiro atoms. The van der Waals surface area contributed by atoms with Crippen LogP contribution >= 0.6 is 11.6 Å². The fourth-order valence-electron chi connectivity index (χ4n) is 2.34. The molecule has 3 heteroatoms. The lowest BCUT2D eigenvalue weighted by atomic mass is 9.92. The quantitative estimate of drug-likeness (QED) is 0.806. The van der Waals surface area contributed by atoms with Crippen LogP contribution in [0.2, 0.25) is 5.02 Å². The van der Waals surface area contributed by atoms with Gasteiger partial charge in [0.1, 0.15) is 0 Å². The van der Waals surface area contributed by atoms with Crippen LogP contribution in [0.4, 0.5) is 0 Å². The smallest absolute Gasteiger partial charge is 0.0640 e. The van der Waals surface area contributed by atoms with Gasteiger partial charge in [-0.05, 0) is 37.3 Å². The zero-order valence-electron chi connectivity index (χ0n) is 10.0. The summed E-state index contributed by atoms with van der Waals surface area (Å²) in [5.74, 6) is 0. The second-order valence-electron chi connectivity index (χ2n) is 4.61. The normalized spacial score (nSPS) is 22.1. The first-order valence-electron chi connectivity index (χ1n) is 6.33. The van der Waals surface area contributed by atoms with Gasteiger partial charge in [0.15, 0.2) is 0 Å². The van der Waals surface area contributed by atoms with Crippen LogP contribution in [-0.2, 0) is 0 Å². The van der Waals surface area contributed by atoms with Gasteiger partial charge in [-0.2, -0.15) is 0 Å². The molecule has 0 aliphatic heterocycles. The van der Waals surface area contributed by atoms with Gasteiger partial charge in [0.25, 0.3) is 0 Å². The molecule has 1 unspecified atom stereocenters. The Morgan fingerprint density at radius 1 is 1.24 bits per heavy atom. The van der Waals surface area contributed by atoms with Gasteiger partial charge in [0, 0.05) is 12.4 Å². The first kappa shape index (κ1) is 12.6. The number of hydrogen-bond acceptors (Lipinski definition) is 2. The van der Waals surface area contributed by atoms with Crippen molar-refractivity contribution in [3.63, 3.8) is 0 Å². The number of allylic oxidation sites excluding steroid dienone is 1. The molecule has 17 heavy (non-hydrogen) atoms. The van der Waals surface area contributed by atoms with Crippen LogP contribution < -0.4 is 5.73 Å². The SMILES string of the molecule is NC(/C1=C/CCCCCC1)c1ccncc1Cl. The summed E-state index contributed by atoms with van der Waals surface area (Å²) < 4.78 is 0. The number of hydrogen-bond donors (Lipinski definition) is 1. The lowest BCUT2D eigenvalue weighted by molar-refractivity contribution is 0.602. The van der Waals surface area contributed by atoms with Crippen molar-refractivity contribution >= 4 is 11.6 Å². The Kier molecular flexibility index (Phi) is 4.57. The molecule has 0 saturated heterocycles. The molecule has 2 nitrogen and oxygen atoms in total. The summed E-state index contributed by atoms with van der Waals surface area (Å²) in [5.41, 5.74) is 8.64. The standard InChI is InChI=1S/C14H19ClN2/c15-13-10-17-9-8-12(13)14(16)11-6-4-2-1-3-5-7-11/h6,8-10,14H,1-5,7,16H2/b11-6+. The van der Waals surface area contributed by atoms with Crippen LogP contribution in [0.15, 0.2) is 30.1 Å². The molecule has 92 valence electrons. The molecule has 0 aromatic carbocycles. The van der Waals surface area contributed by atoms with E-state index in [1.807, 2.05) is 6.07 Å². The molecule has 1 aromatic rings. The van der Waals surface area contributed by atoms with Crippen molar-refractivity contribution in [3.8, 4) is 0 Å². The fourth-order valence-corrected chi connectivity index (χ4v) is 2.57. The number of aromatic nitrogens is 1. The van der Waals surface area contributed by atoms with Gasteiger partial charge in [-0.1, -0.05) is 36.1 Å². The second-order valence-corrected chi connectivity index (χ2v) is 5.01. The second kappa shape index (κ2) is 6.18. The molecule has 0 bridgehead atoms. The minimum absolute atomic E-state index is 0.0661. The van der Waals surface area contributed by atoms with Crippen LogP contribution in [0.3, 0.4) is 0 Å². The van der Waals surface area contributed by atoms with Crippen LogP contribution in [0.5, 0.6) is 0 Å². The largest absolute Gasteiger partial charge is 0.320 e. The van der Waals surface area contributed by atoms with Crippen molar-refractivity contribution in [3.05, 3.63) is 40.7 Å². The molecule has 0 radical (unpaired) electrons. The summed E-state index contributed by atoms with van der Waals surface area (Å²) in [7, 11) is 0.